The minimum absolute atomic E-state index is 0.318. The van der Waals surface area contributed by atoms with Gasteiger partial charge in [-0.3, -0.25) is 0 Å². The Morgan fingerprint density at radius 3 is 3.00 bits per heavy atom. The van der Waals surface area contributed by atoms with Crippen LogP contribution in [0.3, 0.4) is 0 Å². The first-order chi connectivity index (χ1) is 3.83. The minimum Gasteiger partial charge on any atom is -0.395 e. The molecule has 1 aliphatic rings. The fourth-order valence-corrected chi connectivity index (χ4v) is 1.74. The molecule has 0 spiro atoms. The Labute approximate surface area is 53.8 Å². The van der Waals surface area contributed by atoms with Gasteiger partial charge in [0.1, 0.15) is 0 Å². The number of aliphatic hydroxyl groups is 1. The summed E-state index contributed by atoms with van der Waals surface area (Å²) in [6.07, 6.45) is 1.07. The first-order valence-corrected chi connectivity index (χ1v) is 3.69. The lowest BCUT2D eigenvalue weighted by atomic mass is 10.2. The molecule has 0 aromatic rings. The lowest BCUT2D eigenvalue weighted by molar-refractivity contribution is 0.295. The summed E-state index contributed by atoms with van der Waals surface area (Å²) in [5, 5.41) is 11.2. The van der Waals surface area contributed by atoms with Crippen LogP contribution in [-0.2, 0) is 0 Å². The fourth-order valence-electron chi connectivity index (χ4n) is 0.775. The molecule has 0 bridgehead atoms. The molecule has 0 amide bonds. The molecule has 1 atom stereocenters. The van der Waals surface area contributed by atoms with Crippen LogP contribution in [0.5, 0.6) is 0 Å². The lowest BCUT2D eigenvalue weighted by Gasteiger charge is -2.00. The van der Waals surface area contributed by atoms with Crippen molar-refractivity contribution in [3.8, 4) is 0 Å². The van der Waals surface area contributed by atoms with Gasteiger partial charge >= 0.3 is 0 Å². The van der Waals surface area contributed by atoms with E-state index in [4.69, 9.17) is 5.11 Å². The summed E-state index contributed by atoms with van der Waals surface area (Å²) in [6, 6.07) is 0. The summed E-state index contributed by atoms with van der Waals surface area (Å²) in [5.41, 5.74) is 1.40. The summed E-state index contributed by atoms with van der Waals surface area (Å²) in [4.78, 5) is 0. The molecular formula is C6H10OS. The van der Waals surface area contributed by atoms with E-state index in [9.17, 15) is 0 Å². The molecule has 0 aliphatic carbocycles. The fraction of sp³-hybridized carbons (Fsp3) is 0.667. The van der Waals surface area contributed by atoms with E-state index in [1.165, 1.54) is 5.57 Å². The first-order valence-electron chi connectivity index (χ1n) is 2.75. The molecule has 2 heteroatoms. The highest BCUT2D eigenvalue weighted by Crippen LogP contribution is 2.28. The highest BCUT2D eigenvalue weighted by Gasteiger charge is 2.12. The van der Waals surface area contributed by atoms with Crippen LogP contribution >= 0.6 is 11.8 Å². The number of allylic oxidation sites excluding steroid dienone is 1. The number of hydrogen-bond acceptors (Lipinski definition) is 2. The molecule has 0 saturated heterocycles. The Balaban J connectivity index is 2.32. The van der Waals surface area contributed by atoms with Gasteiger partial charge in [0.15, 0.2) is 0 Å². The van der Waals surface area contributed by atoms with Crippen LogP contribution in [0, 0.1) is 0 Å². The molecule has 0 saturated carbocycles. The molecule has 8 heavy (non-hydrogen) atoms. The second-order valence-electron chi connectivity index (χ2n) is 2.11. The molecule has 0 radical (unpaired) electrons. The van der Waals surface area contributed by atoms with Crippen molar-refractivity contribution in [2.45, 2.75) is 18.6 Å². The summed E-state index contributed by atoms with van der Waals surface area (Å²) in [7, 11) is 0. The van der Waals surface area contributed by atoms with Crippen LogP contribution in [0.1, 0.15) is 13.3 Å². The number of hydrogen-bond donors (Lipinski definition) is 1. The number of rotatable bonds is 1. The van der Waals surface area contributed by atoms with Gasteiger partial charge in [0, 0.05) is 5.25 Å². The van der Waals surface area contributed by atoms with Crippen molar-refractivity contribution in [1.29, 1.82) is 0 Å². The van der Waals surface area contributed by atoms with E-state index in [1.54, 1.807) is 11.8 Å². The molecule has 1 N–H and O–H groups in total. The van der Waals surface area contributed by atoms with E-state index < -0.39 is 0 Å². The molecule has 0 aromatic carbocycles. The van der Waals surface area contributed by atoms with Gasteiger partial charge in [-0.25, -0.2) is 0 Å². The zero-order valence-electron chi connectivity index (χ0n) is 4.92. The van der Waals surface area contributed by atoms with Crippen molar-refractivity contribution >= 4 is 11.8 Å². The van der Waals surface area contributed by atoms with Crippen LogP contribution in [-0.4, -0.2) is 17.0 Å². The van der Waals surface area contributed by atoms with Crippen molar-refractivity contribution in [3.05, 3.63) is 11.0 Å². The van der Waals surface area contributed by atoms with E-state index in [-0.39, 0.29) is 0 Å². The molecule has 1 unspecified atom stereocenters. The zero-order chi connectivity index (χ0) is 5.98. The Morgan fingerprint density at radius 2 is 2.75 bits per heavy atom. The molecule has 1 aliphatic heterocycles. The first kappa shape index (κ1) is 6.17. The molecule has 1 heterocycles. The summed E-state index contributed by atoms with van der Waals surface area (Å²) >= 11 is 1.74. The van der Waals surface area contributed by atoms with Crippen molar-refractivity contribution in [3.63, 3.8) is 0 Å². The third kappa shape index (κ3) is 1.26. The number of aliphatic hydroxyl groups excluding tert-OH is 1. The van der Waals surface area contributed by atoms with Crippen molar-refractivity contribution in [1.82, 2.24) is 0 Å². The summed E-state index contributed by atoms with van der Waals surface area (Å²) < 4.78 is 0. The standard InChI is InChI=1S/C6H10OS/c1-5-2-6(3-7)8-4-5/h4,6-7H,2-3H2,1H3. The predicted octanol–water partition coefficient (Wildman–Crippen LogP) is 1.39. The lowest BCUT2D eigenvalue weighted by Crippen LogP contribution is -2.02. The quantitative estimate of drug-likeness (QED) is 0.578. The van der Waals surface area contributed by atoms with Crippen molar-refractivity contribution < 1.29 is 5.11 Å². The smallest absolute Gasteiger partial charge is 0.0556 e. The molecular weight excluding hydrogens is 120 g/mol. The van der Waals surface area contributed by atoms with E-state index >= 15 is 0 Å². The Bertz CT molecular complexity index is 109. The van der Waals surface area contributed by atoms with Gasteiger partial charge in [-0.1, -0.05) is 5.57 Å². The van der Waals surface area contributed by atoms with Crippen molar-refractivity contribution in [2.75, 3.05) is 6.61 Å². The van der Waals surface area contributed by atoms with E-state index in [2.05, 4.69) is 12.3 Å². The van der Waals surface area contributed by atoms with E-state index in [0.29, 0.717) is 11.9 Å². The van der Waals surface area contributed by atoms with E-state index in [1.807, 2.05) is 0 Å². The predicted molar refractivity (Wildman–Crippen MR) is 36.8 cm³/mol. The van der Waals surface area contributed by atoms with Gasteiger partial charge in [0.05, 0.1) is 6.61 Å². The van der Waals surface area contributed by atoms with Crippen LogP contribution in [0.25, 0.3) is 0 Å². The molecule has 1 rings (SSSR count). The molecule has 46 valence electrons. The maximum atomic E-state index is 8.63. The van der Waals surface area contributed by atoms with Gasteiger partial charge in [-0.05, 0) is 18.8 Å². The molecule has 0 fully saturated rings. The van der Waals surface area contributed by atoms with Crippen molar-refractivity contribution in [2.24, 2.45) is 0 Å². The van der Waals surface area contributed by atoms with Crippen LogP contribution in [0.15, 0.2) is 11.0 Å². The average molecular weight is 130 g/mol. The second-order valence-corrected chi connectivity index (χ2v) is 3.28. The maximum Gasteiger partial charge on any atom is 0.0556 e. The largest absolute Gasteiger partial charge is 0.395 e. The normalized spacial score (nSPS) is 28.2. The third-order valence-corrected chi connectivity index (χ3v) is 2.45. The Morgan fingerprint density at radius 1 is 2.00 bits per heavy atom. The molecule has 1 nitrogen and oxygen atoms in total. The van der Waals surface area contributed by atoms with Gasteiger partial charge in [0.25, 0.3) is 0 Å². The second kappa shape index (κ2) is 2.55. The van der Waals surface area contributed by atoms with Crippen LogP contribution < -0.4 is 0 Å². The highest BCUT2D eigenvalue weighted by atomic mass is 32.2. The van der Waals surface area contributed by atoms with E-state index in [0.717, 1.165) is 6.42 Å². The zero-order valence-corrected chi connectivity index (χ0v) is 5.74. The SMILES string of the molecule is CC1=CSC(CO)C1. The topological polar surface area (TPSA) is 20.2 Å². The van der Waals surface area contributed by atoms with Gasteiger partial charge < -0.3 is 5.11 Å². The minimum atomic E-state index is 0.318. The molecule has 0 aromatic heterocycles. The summed E-state index contributed by atoms with van der Waals surface area (Å²) in [6.45, 7) is 2.42. The Hall–Kier alpha value is 0.0500. The third-order valence-electron chi connectivity index (χ3n) is 1.21. The highest BCUT2D eigenvalue weighted by molar-refractivity contribution is 8.03. The van der Waals surface area contributed by atoms with Crippen LogP contribution in [0.2, 0.25) is 0 Å². The van der Waals surface area contributed by atoms with Gasteiger partial charge in [-0.2, -0.15) is 0 Å². The van der Waals surface area contributed by atoms with Gasteiger partial charge in [0.2, 0.25) is 0 Å². The monoisotopic (exact) mass is 130 g/mol. The average Bonchev–Trinajstić information content (AvgIpc) is 2.14. The summed E-state index contributed by atoms with van der Waals surface area (Å²) in [5.74, 6) is 0. The van der Waals surface area contributed by atoms with Crippen LogP contribution in [0.4, 0.5) is 0 Å². The number of thioether (sulfide) groups is 1. The maximum absolute atomic E-state index is 8.63. The Kier molecular flexibility index (Phi) is 1.97. The van der Waals surface area contributed by atoms with Gasteiger partial charge in [-0.15, -0.1) is 11.8 Å².